The molecule has 0 fully saturated rings. The van der Waals surface area contributed by atoms with E-state index < -0.39 is 5.97 Å². The van der Waals surface area contributed by atoms with E-state index in [0.29, 0.717) is 27.7 Å². The first kappa shape index (κ1) is 18.8. The van der Waals surface area contributed by atoms with Crippen molar-refractivity contribution in [1.29, 1.82) is 0 Å². The molecule has 0 saturated heterocycles. The van der Waals surface area contributed by atoms with Gasteiger partial charge in [-0.1, -0.05) is 25.4 Å². The monoisotopic (exact) mass is 391 g/mol. The normalized spacial score (nSPS) is 10.4. The molecule has 1 N–H and O–H groups in total. The van der Waals surface area contributed by atoms with E-state index in [0.717, 1.165) is 6.42 Å². The Hall–Kier alpha value is -1.27. The van der Waals surface area contributed by atoms with Crippen molar-refractivity contribution in [3.8, 4) is 5.75 Å². The molecule has 0 spiro atoms. The summed E-state index contributed by atoms with van der Waals surface area (Å²) in [7, 11) is 0. The number of amides is 1. The number of rotatable bonds is 8. The minimum atomic E-state index is -0.610. The molecule has 0 aliphatic carbocycles. The number of halogens is 2. The second kappa shape index (κ2) is 9.69. The van der Waals surface area contributed by atoms with Crippen LogP contribution in [0.1, 0.15) is 20.3 Å². The molecule has 7 heteroatoms. The SMILES string of the molecule is CC(C)CCNC(=O)COC(=O)COc1ccc(Cl)cc1Br. The molecular weight excluding hydrogens is 374 g/mol. The van der Waals surface area contributed by atoms with Crippen molar-refractivity contribution in [3.05, 3.63) is 27.7 Å². The van der Waals surface area contributed by atoms with Gasteiger partial charge in [0.05, 0.1) is 4.47 Å². The topological polar surface area (TPSA) is 64.6 Å². The molecule has 0 bridgehead atoms. The van der Waals surface area contributed by atoms with Gasteiger partial charge in [0, 0.05) is 11.6 Å². The molecule has 0 atom stereocenters. The maximum Gasteiger partial charge on any atom is 0.344 e. The maximum absolute atomic E-state index is 11.5. The molecular formula is C15H19BrClNO4. The summed E-state index contributed by atoms with van der Waals surface area (Å²) in [5.41, 5.74) is 0. The molecule has 0 aliphatic heterocycles. The van der Waals surface area contributed by atoms with Crippen LogP contribution in [0.25, 0.3) is 0 Å². The van der Waals surface area contributed by atoms with Crippen LogP contribution >= 0.6 is 27.5 Å². The number of ether oxygens (including phenoxy) is 2. The Labute approximate surface area is 143 Å². The van der Waals surface area contributed by atoms with E-state index in [1.165, 1.54) is 0 Å². The maximum atomic E-state index is 11.5. The Morgan fingerprint density at radius 3 is 2.68 bits per heavy atom. The molecule has 0 radical (unpaired) electrons. The molecule has 122 valence electrons. The van der Waals surface area contributed by atoms with Gasteiger partial charge >= 0.3 is 5.97 Å². The molecule has 0 aromatic heterocycles. The molecule has 0 saturated carbocycles. The molecule has 0 heterocycles. The van der Waals surface area contributed by atoms with Crippen LogP contribution in [0.2, 0.25) is 5.02 Å². The highest BCUT2D eigenvalue weighted by Gasteiger charge is 2.10. The van der Waals surface area contributed by atoms with Crippen molar-refractivity contribution in [2.75, 3.05) is 19.8 Å². The van der Waals surface area contributed by atoms with E-state index in [-0.39, 0.29) is 19.1 Å². The molecule has 1 amide bonds. The van der Waals surface area contributed by atoms with Gasteiger partial charge in [-0.05, 0) is 46.5 Å². The number of esters is 1. The number of carbonyl (C=O) groups is 2. The highest BCUT2D eigenvalue weighted by atomic mass is 79.9. The van der Waals surface area contributed by atoms with Gasteiger partial charge in [-0.15, -0.1) is 0 Å². The van der Waals surface area contributed by atoms with Crippen LogP contribution < -0.4 is 10.1 Å². The van der Waals surface area contributed by atoms with Crippen molar-refractivity contribution in [1.82, 2.24) is 5.32 Å². The lowest BCUT2D eigenvalue weighted by Gasteiger charge is -2.09. The summed E-state index contributed by atoms with van der Waals surface area (Å²) in [6.07, 6.45) is 0.882. The lowest BCUT2D eigenvalue weighted by Crippen LogP contribution is -2.31. The van der Waals surface area contributed by atoms with E-state index in [1.54, 1.807) is 18.2 Å². The minimum absolute atomic E-state index is 0.278. The second-order valence-electron chi connectivity index (χ2n) is 5.06. The summed E-state index contributed by atoms with van der Waals surface area (Å²) in [5, 5.41) is 3.23. The Balaban J connectivity index is 2.24. The van der Waals surface area contributed by atoms with Gasteiger partial charge in [0.25, 0.3) is 5.91 Å². The summed E-state index contributed by atoms with van der Waals surface area (Å²) < 4.78 is 10.8. The van der Waals surface area contributed by atoms with Gasteiger partial charge in [0.1, 0.15) is 5.75 Å². The zero-order chi connectivity index (χ0) is 16.5. The molecule has 0 unspecified atom stereocenters. The molecule has 5 nitrogen and oxygen atoms in total. The highest BCUT2D eigenvalue weighted by molar-refractivity contribution is 9.10. The summed E-state index contributed by atoms with van der Waals surface area (Å²) in [4.78, 5) is 23.0. The fraction of sp³-hybridized carbons (Fsp3) is 0.467. The lowest BCUT2D eigenvalue weighted by molar-refractivity contribution is -0.150. The fourth-order valence-electron chi connectivity index (χ4n) is 1.47. The van der Waals surface area contributed by atoms with Crippen LogP contribution in [0.3, 0.4) is 0 Å². The number of hydrogen-bond donors (Lipinski definition) is 1. The van der Waals surface area contributed by atoms with Crippen molar-refractivity contribution in [3.63, 3.8) is 0 Å². The summed E-state index contributed by atoms with van der Waals surface area (Å²) >= 11 is 9.08. The van der Waals surface area contributed by atoms with Crippen molar-refractivity contribution in [2.45, 2.75) is 20.3 Å². The summed E-state index contributed by atoms with van der Waals surface area (Å²) in [6.45, 7) is 4.13. The summed E-state index contributed by atoms with van der Waals surface area (Å²) in [5.74, 6) is 0.0549. The number of carbonyl (C=O) groups excluding carboxylic acids is 2. The first-order valence-corrected chi connectivity index (χ1v) is 8.05. The van der Waals surface area contributed by atoms with E-state index in [4.69, 9.17) is 21.1 Å². The Bertz CT molecular complexity index is 522. The smallest absolute Gasteiger partial charge is 0.344 e. The minimum Gasteiger partial charge on any atom is -0.481 e. The summed E-state index contributed by atoms with van der Waals surface area (Å²) in [6, 6.07) is 4.94. The first-order valence-electron chi connectivity index (χ1n) is 6.88. The third kappa shape index (κ3) is 7.66. The highest BCUT2D eigenvalue weighted by Crippen LogP contribution is 2.27. The average molecular weight is 393 g/mol. The number of benzene rings is 1. The molecule has 1 aromatic rings. The van der Waals surface area contributed by atoms with Crippen LogP contribution in [0.5, 0.6) is 5.75 Å². The third-order valence-corrected chi connectivity index (χ3v) is 3.50. The Kier molecular flexibility index (Phi) is 8.27. The van der Waals surface area contributed by atoms with Crippen molar-refractivity contribution < 1.29 is 19.1 Å². The molecule has 0 aliphatic rings. The molecule has 22 heavy (non-hydrogen) atoms. The lowest BCUT2D eigenvalue weighted by atomic mass is 10.1. The van der Waals surface area contributed by atoms with Crippen LogP contribution in [-0.4, -0.2) is 31.6 Å². The van der Waals surface area contributed by atoms with Crippen molar-refractivity contribution in [2.24, 2.45) is 5.92 Å². The van der Waals surface area contributed by atoms with E-state index in [2.05, 4.69) is 35.1 Å². The number of nitrogens with one attached hydrogen (secondary N) is 1. The van der Waals surface area contributed by atoms with Gasteiger partial charge in [-0.3, -0.25) is 4.79 Å². The van der Waals surface area contributed by atoms with E-state index in [9.17, 15) is 9.59 Å². The van der Waals surface area contributed by atoms with Crippen LogP contribution in [0.4, 0.5) is 0 Å². The molecule has 1 rings (SSSR count). The van der Waals surface area contributed by atoms with Crippen LogP contribution in [-0.2, 0) is 14.3 Å². The molecule has 1 aromatic carbocycles. The number of hydrogen-bond acceptors (Lipinski definition) is 4. The van der Waals surface area contributed by atoms with Gasteiger partial charge < -0.3 is 14.8 Å². The van der Waals surface area contributed by atoms with Gasteiger partial charge in [0.2, 0.25) is 0 Å². The second-order valence-corrected chi connectivity index (χ2v) is 6.35. The van der Waals surface area contributed by atoms with Crippen LogP contribution in [0.15, 0.2) is 22.7 Å². The zero-order valence-corrected chi connectivity index (χ0v) is 14.9. The predicted octanol–water partition coefficient (Wildman–Crippen LogP) is 3.19. The Morgan fingerprint density at radius 2 is 2.05 bits per heavy atom. The predicted molar refractivity (Wildman–Crippen MR) is 88.1 cm³/mol. The van der Waals surface area contributed by atoms with Gasteiger partial charge in [-0.25, -0.2) is 4.79 Å². The first-order chi connectivity index (χ1) is 10.4. The van der Waals surface area contributed by atoms with Crippen LogP contribution in [0, 0.1) is 5.92 Å². The van der Waals surface area contributed by atoms with Crippen molar-refractivity contribution >= 4 is 39.4 Å². The zero-order valence-electron chi connectivity index (χ0n) is 12.5. The van der Waals surface area contributed by atoms with E-state index >= 15 is 0 Å². The van der Waals surface area contributed by atoms with Gasteiger partial charge in [-0.2, -0.15) is 0 Å². The van der Waals surface area contributed by atoms with E-state index in [1.807, 2.05) is 0 Å². The average Bonchev–Trinajstić information content (AvgIpc) is 2.43. The van der Waals surface area contributed by atoms with Gasteiger partial charge in [0.15, 0.2) is 13.2 Å². The standard InChI is InChI=1S/C15H19BrClNO4/c1-10(2)5-6-18-14(19)8-22-15(20)9-21-13-4-3-11(17)7-12(13)16/h3-4,7,10H,5-6,8-9H2,1-2H3,(H,18,19). The fourth-order valence-corrected chi connectivity index (χ4v) is 2.27. The largest absolute Gasteiger partial charge is 0.481 e. The Morgan fingerprint density at radius 1 is 1.32 bits per heavy atom. The quantitative estimate of drug-likeness (QED) is 0.690. The third-order valence-electron chi connectivity index (χ3n) is 2.65.